The maximum absolute atomic E-state index is 12.8. The van der Waals surface area contributed by atoms with E-state index in [-0.39, 0.29) is 17.3 Å². The topological polar surface area (TPSA) is 69.7 Å². The molecule has 9 heteroatoms. The van der Waals surface area contributed by atoms with E-state index >= 15 is 0 Å². The van der Waals surface area contributed by atoms with Gasteiger partial charge in [0.25, 0.3) is 0 Å². The third-order valence-corrected chi connectivity index (χ3v) is 5.24. The number of hydrogen-bond donors (Lipinski definition) is 0. The molecule has 25 heavy (non-hydrogen) atoms. The molecule has 2 bridgehead atoms. The van der Waals surface area contributed by atoms with Crippen LogP contribution in [0.15, 0.2) is 30.4 Å². The van der Waals surface area contributed by atoms with Gasteiger partial charge in [0.1, 0.15) is 5.60 Å². The van der Waals surface area contributed by atoms with Crippen LogP contribution >= 0.6 is 11.6 Å². The normalized spacial score (nSPS) is 33.2. The number of aliphatic carboxylic acids is 1. The van der Waals surface area contributed by atoms with Gasteiger partial charge in [-0.1, -0.05) is 23.8 Å². The Hall–Kier alpha value is -2.06. The summed E-state index contributed by atoms with van der Waals surface area (Å²) in [7, 11) is 0. The number of anilines is 1. The molecule has 0 aromatic heterocycles. The number of carboxylic acids is 1. The SMILES string of the molecule is O=C([O-])[C@H]1[C@@H]2C=C[C@]3(CN(c4ccc(C(F)(F)F)cc4Cl)C(=O)[C@@H]13)O2. The Morgan fingerprint density at radius 1 is 1.40 bits per heavy atom. The fourth-order valence-electron chi connectivity index (χ4n) is 3.87. The first-order chi connectivity index (χ1) is 11.6. The van der Waals surface area contributed by atoms with Crippen LogP contribution in [0.1, 0.15) is 5.56 Å². The molecule has 1 spiro atoms. The van der Waals surface area contributed by atoms with Crippen molar-refractivity contribution in [3.63, 3.8) is 0 Å². The van der Waals surface area contributed by atoms with E-state index < -0.39 is 47.2 Å². The second-order valence-corrected chi connectivity index (χ2v) is 6.71. The molecule has 5 nitrogen and oxygen atoms in total. The molecule has 0 aliphatic carbocycles. The maximum atomic E-state index is 12.8. The van der Waals surface area contributed by atoms with E-state index in [1.807, 2.05) is 0 Å². The zero-order chi connectivity index (χ0) is 18.1. The van der Waals surface area contributed by atoms with Gasteiger partial charge in [-0.15, -0.1) is 0 Å². The fourth-order valence-corrected chi connectivity index (χ4v) is 4.16. The second kappa shape index (κ2) is 4.98. The van der Waals surface area contributed by atoms with Crippen LogP contribution in [0.2, 0.25) is 5.02 Å². The number of carbonyl (C=O) groups excluding carboxylic acids is 2. The van der Waals surface area contributed by atoms with Crippen LogP contribution in [-0.4, -0.2) is 30.1 Å². The van der Waals surface area contributed by atoms with Crippen LogP contribution in [0, 0.1) is 11.8 Å². The Balaban J connectivity index is 1.72. The van der Waals surface area contributed by atoms with Gasteiger partial charge >= 0.3 is 6.18 Å². The van der Waals surface area contributed by atoms with E-state index in [0.29, 0.717) is 0 Å². The number of hydrogen-bond acceptors (Lipinski definition) is 4. The van der Waals surface area contributed by atoms with Gasteiger partial charge in [0.05, 0.1) is 34.8 Å². The number of rotatable bonds is 2. The van der Waals surface area contributed by atoms with Gasteiger partial charge < -0.3 is 19.5 Å². The lowest BCUT2D eigenvalue weighted by Crippen LogP contribution is -2.45. The number of fused-ring (bicyclic) bond motifs is 1. The van der Waals surface area contributed by atoms with Gasteiger partial charge in [0.15, 0.2) is 0 Å². The summed E-state index contributed by atoms with van der Waals surface area (Å²) < 4.78 is 44.0. The van der Waals surface area contributed by atoms with E-state index in [4.69, 9.17) is 16.3 Å². The van der Waals surface area contributed by atoms with Crippen LogP contribution in [0.25, 0.3) is 0 Å². The van der Waals surface area contributed by atoms with Crippen molar-refractivity contribution in [1.29, 1.82) is 0 Å². The minimum absolute atomic E-state index is 0.0155. The first-order valence-corrected chi connectivity index (χ1v) is 7.78. The van der Waals surface area contributed by atoms with Crippen molar-refractivity contribution in [2.45, 2.75) is 17.9 Å². The van der Waals surface area contributed by atoms with E-state index in [2.05, 4.69) is 0 Å². The Bertz CT molecular complexity index is 824. The number of carbonyl (C=O) groups is 2. The first kappa shape index (κ1) is 16.4. The van der Waals surface area contributed by atoms with Gasteiger partial charge in [0, 0.05) is 11.9 Å². The monoisotopic (exact) mass is 372 g/mol. The third kappa shape index (κ3) is 2.20. The lowest BCUT2D eigenvalue weighted by molar-refractivity contribution is -0.313. The van der Waals surface area contributed by atoms with Gasteiger partial charge in [-0.25, -0.2) is 0 Å². The number of carboxylic acid groups (broad SMARTS) is 1. The zero-order valence-electron chi connectivity index (χ0n) is 12.4. The van der Waals surface area contributed by atoms with E-state index in [0.717, 1.165) is 18.2 Å². The molecule has 4 rings (SSSR count). The van der Waals surface area contributed by atoms with Crippen LogP contribution in [0.4, 0.5) is 18.9 Å². The number of benzene rings is 1. The van der Waals surface area contributed by atoms with Crippen molar-refractivity contribution in [3.8, 4) is 0 Å². The van der Waals surface area contributed by atoms with Gasteiger partial charge in [-0.3, -0.25) is 4.79 Å². The molecule has 1 aromatic carbocycles. The van der Waals surface area contributed by atoms with E-state index in [1.54, 1.807) is 12.2 Å². The molecule has 3 aliphatic rings. The minimum Gasteiger partial charge on any atom is -0.550 e. The lowest BCUT2D eigenvalue weighted by atomic mass is 9.77. The largest absolute Gasteiger partial charge is 0.550 e. The Labute approximate surface area is 144 Å². The molecule has 3 heterocycles. The minimum atomic E-state index is -4.56. The standard InChI is InChI=1S/C16H11ClF3NO4/c17-8-5-7(16(18,19)20)1-2-9(8)21-6-15-4-3-10(25-15)11(14(23)24)12(15)13(21)22/h1-5,10-12H,6H2,(H,23,24)/p-1/t10-,11-,12+,15+/m0/s1. The molecule has 1 amide bonds. The molecule has 2 saturated heterocycles. The molecule has 1 aromatic rings. The van der Waals surface area contributed by atoms with Crippen LogP contribution in [0.5, 0.6) is 0 Å². The zero-order valence-corrected chi connectivity index (χ0v) is 13.2. The summed E-state index contributed by atoms with van der Waals surface area (Å²) in [5.41, 5.74) is -1.96. The maximum Gasteiger partial charge on any atom is 0.416 e. The smallest absolute Gasteiger partial charge is 0.416 e. The molecule has 0 unspecified atom stereocenters. The summed E-state index contributed by atoms with van der Waals surface area (Å²) in [4.78, 5) is 25.3. The highest BCUT2D eigenvalue weighted by atomic mass is 35.5. The van der Waals surface area contributed by atoms with Crippen LogP contribution in [-0.2, 0) is 20.5 Å². The van der Waals surface area contributed by atoms with Gasteiger partial charge in [0.2, 0.25) is 5.91 Å². The highest BCUT2D eigenvalue weighted by Crippen LogP contribution is 2.53. The van der Waals surface area contributed by atoms with Crippen molar-refractivity contribution in [1.82, 2.24) is 0 Å². The highest BCUT2D eigenvalue weighted by Gasteiger charge is 2.65. The fraction of sp³-hybridized carbons (Fsp3) is 0.375. The molecule has 4 atom stereocenters. The molecule has 0 saturated carbocycles. The van der Waals surface area contributed by atoms with E-state index in [9.17, 15) is 27.9 Å². The summed E-state index contributed by atoms with van der Waals surface area (Å²) in [6, 6.07) is 2.66. The number of amides is 1. The van der Waals surface area contributed by atoms with Crippen molar-refractivity contribution in [2.24, 2.45) is 11.8 Å². The molecule has 0 N–H and O–H groups in total. The lowest BCUT2D eigenvalue weighted by Gasteiger charge is -2.24. The quantitative estimate of drug-likeness (QED) is 0.736. The van der Waals surface area contributed by atoms with Crippen molar-refractivity contribution in [2.75, 3.05) is 11.4 Å². The molecule has 3 aliphatic heterocycles. The summed E-state index contributed by atoms with van der Waals surface area (Å²) in [6.07, 6.45) is -2.08. The van der Waals surface area contributed by atoms with E-state index in [1.165, 1.54) is 4.90 Å². The second-order valence-electron chi connectivity index (χ2n) is 6.31. The summed E-state index contributed by atoms with van der Waals surface area (Å²) in [5.74, 6) is -4.06. The Morgan fingerprint density at radius 3 is 2.72 bits per heavy atom. The Morgan fingerprint density at radius 2 is 2.12 bits per heavy atom. The van der Waals surface area contributed by atoms with Crippen LogP contribution in [0.3, 0.4) is 0 Å². The average molecular weight is 373 g/mol. The van der Waals surface area contributed by atoms with Crippen LogP contribution < -0.4 is 10.0 Å². The molecular formula is C16H10ClF3NO4-. The highest BCUT2D eigenvalue weighted by molar-refractivity contribution is 6.34. The predicted octanol–water partition coefficient (Wildman–Crippen LogP) is 1.40. The Kier molecular flexibility index (Phi) is 3.27. The first-order valence-electron chi connectivity index (χ1n) is 7.40. The van der Waals surface area contributed by atoms with Gasteiger partial charge in [-0.05, 0) is 18.2 Å². The van der Waals surface area contributed by atoms with Crippen molar-refractivity contribution in [3.05, 3.63) is 40.9 Å². The molecule has 2 fully saturated rings. The number of halogens is 4. The molecular weight excluding hydrogens is 363 g/mol. The van der Waals surface area contributed by atoms with Crippen molar-refractivity contribution < 1.29 is 32.6 Å². The third-order valence-electron chi connectivity index (χ3n) is 4.94. The molecule has 132 valence electrons. The predicted molar refractivity (Wildman–Crippen MR) is 77.5 cm³/mol. The summed E-state index contributed by atoms with van der Waals surface area (Å²) in [5, 5.41) is 11.1. The number of nitrogens with zero attached hydrogens (tertiary/aromatic N) is 1. The van der Waals surface area contributed by atoms with Crippen molar-refractivity contribution >= 4 is 29.2 Å². The van der Waals surface area contributed by atoms with Gasteiger partial charge in [-0.2, -0.15) is 13.2 Å². The summed E-state index contributed by atoms with van der Waals surface area (Å²) >= 11 is 5.95. The molecule has 0 radical (unpaired) electrons. The number of ether oxygens (including phenoxy) is 1. The number of alkyl halides is 3. The summed E-state index contributed by atoms with van der Waals surface area (Å²) in [6.45, 7) is -0.0155. The average Bonchev–Trinajstić information content (AvgIpc) is 3.14.